The number of piperidine rings is 1. The quantitative estimate of drug-likeness (QED) is 0.733. The van der Waals surface area contributed by atoms with E-state index in [0.717, 1.165) is 25.3 Å². The Morgan fingerprint density at radius 1 is 1.47 bits per heavy atom. The van der Waals surface area contributed by atoms with E-state index in [1.807, 2.05) is 6.20 Å². The molecule has 1 fully saturated rings. The van der Waals surface area contributed by atoms with Gasteiger partial charge in [-0.3, -0.25) is 4.98 Å². The van der Waals surface area contributed by atoms with Crippen LogP contribution >= 0.6 is 0 Å². The molecule has 0 aromatic carbocycles. The first-order valence-electron chi connectivity index (χ1n) is 5.35. The van der Waals surface area contributed by atoms with Gasteiger partial charge in [-0.25, -0.2) is 4.98 Å². The molecular weight excluding hydrogens is 190 g/mol. The van der Waals surface area contributed by atoms with E-state index >= 15 is 0 Å². The SMILES string of the molecule is COC1CN(c2cnccn2)CCC1C. The molecule has 4 nitrogen and oxygen atoms in total. The van der Waals surface area contributed by atoms with Crippen LogP contribution in [0.5, 0.6) is 0 Å². The van der Waals surface area contributed by atoms with E-state index in [4.69, 9.17) is 4.74 Å². The fraction of sp³-hybridized carbons (Fsp3) is 0.636. The van der Waals surface area contributed by atoms with E-state index < -0.39 is 0 Å². The van der Waals surface area contributed by atoms with Gasteiger partial charge in [0.2, 0.25) is 0 Å². The van der Waals surface area contributed by atoms with Crippen LogP contribution in [0, 0.1) is 5.92 Å². The van der Waals surface area contributed by atoms with Crippen molar-refractivity contribution in [1.82, 2.24) is 9.97 Å². The number of anilines is 1. The summed E-state index contributed by atoms with van der Waals surface area (Å²) in [7, 11) is 1.78. The van der Waals surface area contributed by atoms with Gasteiger partial charge < -0.3 is 9.64 Å². The Morgan fingerprint density at radius 3 is 3.00 bits per heavy atom. The van der Waals surface area contributed by atoms with Gasteiger partial charge in [0.15, 0.2) is 0 Å². The monoisotopic (exact) mass is 207 g/mol. The van der Waals surface area contributed by atoms with E-state index in [1.165, 1.54) is 0 Å². The van der Waals surface area contributed by atoms with Crippen LogP contribution in [-0.2, 0) is 4.74 Å². The Morgan fingerprint density at radius 2 is 2.33 bits per heavy atom. The van der Waals surface area contributed by atoms with Crippen molar-refractivity contribution < 1.29 is 4.74 Å². The standard InChI is InChI=1S/C11H17N3O/c1-9-3-6-14(8-10(9)15-2)11-7-12-4-5-13-11/h4-5,7,9-10H,3,6,8H2,1-2H3. The van der Waals surface area contributed by atoms with Crippen LogP contribution in [0.25, 0.3) is 0 Å². The molecule has 4 heteroatoms. The summed E-state index contributed by atoms with van der Waals surface area (Å²) in [4.78, 5) is 10.6. The number of hydrogen-bond donors (Lipinski definition) is 0. The number of methoxy groups -OCH3 is 1. The summed E-state index contributed by atoms with van der Waals surface area (Å²) in [5.41, 5.74) is 0. The summed E-state index contributed by atoms with van der Waals surface area (Å²) in [6.45, 7) is 4.19. The maximum atomic E-state index is 5.47. The molecule has 0 N–H and O–H groups in total. The third-order valence-electron chi connectivity index (χ3n) is 3.07. The summed E-state index contributed by atoms with van der Waals surface area (Å²) in [5, 5.41) is 0. The van der Waals surface area contributed by atoms with Crippen LogP contribution in [0.2, 0.25) is 0 Å². The number of ether oxygens (including phenoxy) is 1. The third kappa shape index (κ3) is 2.26. The van der Waals surface area contributed by atoms with Gasteiger partial charge in [-0.1, -0.05) is 6.92 Å². The van der Waals surface area contributed by atoms with E-state index in [9.17, 15) is 0 Å². The molecule has 2 rings (SSSR count). The minimum atomic E-state index is 0.306. The van der Waals surface area contributed by atoms with E-state index in [2.05, 4.69) is 21.8 Å². The first-order chi connectivity index (χ1) is 7.31. The lowest BCUT2D eigenvalue weighted by Crippen LogP contribution is -2.44. The van der Waals surface area contributed by atoms with Crippen molar-refractivity contribution in [2.45, 2.75) is 19.4 Å². The molecule has 0 bridgehead atoms. The van der Waals surface area contributed by atoms with Crippen molar-refractivity contribution in [3.8, 4) is 0 Å². The van der Waals surface area contributed by atoms with Crippen molar-refractivity contribution in [3.63, 3.8) is 0 Å². The molecule has 2 atom stereocenters. The summed E-state index contributed by atoms with van der Waals surface area (Å²) < 4.78 is 5.47. The smallest absolute Gasteiger partial charge is 0.147 e. The second-order valence-corrected chi connectivity index (χ2v) is 4.05. The normalized spacial score (nSPS) is 26.7. The largest absolute Gasteiger partial charge is 0.379 e. The molecule has 0 radical (unpaired) electrons. The van der Waals surface area contributed by atoms with Gasteiger partial charge in [-0.15, -0.1) is 0 Å². The molecule has 82 valence electrons. The van der Waals surface area contributed by atoms with Crippen molar-refractivity contribution in [3.05, 3.63) is 18.6 Å². The zero-order chi connectivity index (χ0) is 10.7. The first-order valence-corrected chi connectivity index (χ1v) is 5.35. The van der Waals surface area contributed by atoms with Crippen molar-refractivity contribution >= 4 is 5.82 Å². The third-order valence-corrected chi connectivity index (χ3v) is 3.07. The highest BCUT2D eigenvalue weighted by Crippen LogP contribution is 2.22. The molecule has 1 aliphatic heterocycles. The Hall–Kier alpha value is -1.16. The van der Waals surface area contributed by atoms with Crippen molar-refractivity contribution in [2.75, 3.05) is 25.1 Å². The lowest BCUT2D eigenvalue weighted by molar-refractivity contribution is 0.0496. The summed E-state index contributed by atoms with van der Waals surface area (Å²) in [6, 6.07) is 0. The van der Waals surface area contributed by atoms with Crippen molar-refractivity contribution in [1.29, 1.82) is 0 Å². The molecule has 0 amide bonds. The number of rotatable bonds is 2. The number of aromatic nitrogens is 2. The molecule has 1 aliphatic rings. The lowest BCUT2D eigenvalue weighted by atomic mass is 9.96. The van der Waals surface area contributed by atoms with Crippen molar-refractivity contribution in [2.24, 2.45) is 5.92 Å². The van der Waals surface area contributed by atoms with E-state index in [0.29, 0.717) is 12.0 Å². The fourth-order valence-electron chi connectivity index (χ4n) is 2.00. The van der Waals surface area contributed by atoms with Crippen LogP contribution in [0.3, 0.4) is 0 Å². The molecule has 15 heavy (non-hydrogen) atoms. The van der Waals surface area contributed by atoms with Gasteiger partial charge in [-0.05, 0) is 12.3 Å². The highest BCUT2D eigenvalue weighted by Gasteiger charge is 2.26. The fourth-order valence-corrected chi connectivity index (χ4v) is 2.00. The average Bonchev–Trinajstić information content (AvgIpc) is 2.31. The van der Waals surface area contributed by atoms with Gasteiger partial charge in [0, 0.05) is 32.6 Å². The Kier molecular flexibility index (Phi) is 3.16. The van der Waals surface area contributed by atoms with Gasteiger partial charge in [0.05, 0.1) is 12.3 Å². The highest BCUT2D eigenvalue weighted by molar-refractivity contribution is 5.35. The maximum Gasteiger partial charge on any atom is 0.147 e. The summed E-state index contributed by atoms with van der Waals surface area (Å²) in [5.74, 6) is 1.58. The summed E-state index contributed by atoms with van der Waals surface area (Å²) in [6.07, 6.45) is 6.69. The predicted molar refractivity (Wildman–Crippen MR) is 58.8 cm³/mol. The van der Waals surface area contributed by atoms with Gasteiger partial charge in [0.1, 0.15) is 5.82 Å². The zero-order valence-electron chi connectivity index (χ0n) is 9.26. The Bertz CT molecular complexity index is 304. The van der Waals surface area contributed by atoms with Crippen LogP contribution in [0.1, 0.15) is 13.3 Å². The minimum absolute atomic E-state index is 0.306. The molecule has 1 aromatic heterocycles. The molecule has 0 saturated carbocycles. The molecular formula is C11H17N3O. The second-order valence-electron chi connectivity index (χ2n) is 4.05. The van der Waals surface area contributed by atoms with Crippen LogP contribution < -0.4 is 4.90 Å². The van der Waals surface area contributed by atoms with E-state index in [-0.39, 0.29) is 0 Å². The highest BCUT2D eigenvalue weighted by atomic mass is 16.5. The van der Waals surface area contributed by atoms with Crippen LogP contribution in [-0.4, -0.2) is 36.3 Å². The second kappa shape index (κ2) is 4.57. The van der Waals surface area contributed by atoms with Gasteiger partial charge >= 0.3 is 0 Å². The van der Waals surface area contributed by atoms with Gasteiger partial charge in [-0.2, -0.15) is 0 Å². The first kappa shape index (κ1) is 10.4. The molecule has 0 spiro atoms. The molecule has 1 saturated heterocycles. The van der Waals surface area contributed by atoms with Gasteiger partial charge in [0.25, 0.3) is 0 Å². The average molecular weight is 207 g/mol. The molecule has 0 aliphatic carbocycles. The molecule has 2 heterocycles. The van der Waals surface area contributed by atoms with Crippen LogP contribution in [0.15, 0.2) is 18.6 Å². The predicted octanol–water partition coefficient (Wildman–Crippen LogP) is 1.34. The number of hydrogen-bond acceptors (Lipinski definition) is 4. The summed E-state index contributed by atoms with van der Waals surface area (Å²) >= 11 is 0. The maximum absolute atomic E-state index is 5.47. The molecule has 1 aromatic rings. The van der Waals surface area contributed by atoms with Crippen LogP contribution in [0.4, 0.5) is 5.82 Å². The topological polar surface area (TPSA) is 38.2 Å². The molecule has 2 unspecified atom stereocenters. The van der Waals surface area contributed by atoms with E-state index in [1.54, 1.807) is 19.5 Å². The Balaban J connectivity index is 2.06. The lowest BCUT2D eigenvalue weighted by Gasteiger charge is -2.36. The zero-order valence-corrected chi connectivity index (χ0v) is 9.26. The number of nitrogens with zero attached hydrogens (tertiary/aromatic N) is 3. The minimum Gasteiger partial charge on any atom is -0.379 e. The Labute approximate surface area is 90.3 Å².